The highest BCUT2D eigenvalue weighted by atomic mass is 32.1. The molecule has 0 fully saturated rings. The molecule has 2 heterocycles. The summed E-state index contributed by atoms with van der Waals surface area (Å²) in [7, 11) is 0. The Labute approximate surface area is 163 Å². The fraction of sp³-hybridized carbons (Fsp3) is 0.444. The van der Waals surface area contributed by atoms with Crippen LogP contribution in [0.1, 0.15) is 41.5 Å². The molecule has 0 aliphatic rings. The second-order valence-electron chi connectivity index (χ2n) is 8.29. The molecule has 0 aliphatic heterocycles. The van der Waals surface area contributed by atoms with E-state index in [1.165, 1.54) is 0 Å². The van der Waals surface area contributed by atoms with Gasteiger partial charge in [0.25, 0.3) is 0 Å². The number of aromatic amines is 2. The second-order valence-corrected chi connectivity index (χ2v) is 9.07. The minimum absolute atomic E-state index is 0.160. The Morgan fingerprint density at radius 2 is 1.00 bits per heavy atom. The topological polar surface area (TPSA) is 67.2 Å². The first-order valence-electron chi connectivity index (χ1n) is 8.47. The van der Waals surface area contributed by atoms with Crippen molar-refractivity contribution in [2.75, 3.05) is 0 Å². The minimum Gasteiger partial charge on any atom is -0.295 e. The predicted octanol–water partition coefficient (Wildman–Crippen LogP) is 5.04. The Morgan fingerprint density at radius 1 is 0.692 bits per heavy atom. The number of nitrogens with zero attached hydrogens (tertiary/aromatic N) is 4. The maximum Gasteiger partial charge on any atom is 0.195 e. The van der Waals surface area contributed by atoms with E-state index in [0.29, 0.717) is 9.54 Å². The molecule has 2 aromatic heterocycles. The molecule has 138 valence electrons. The first-order valence-corrected chi connectivity index (χ1v) is 9.28. The highest BCUT2D eigenvalue weighted by Crippen LogP contribution is 2.28. The SMILES string of the molecule is CC(C)(C)n1c(-c2ccc(-c3n[nH]c(=S)n3C(C)(C)C)cc2)n[nH]c1=S. The van der Waals surface area contributed by atoms with Crippen LogP contribution in [0.4, 0.5) is 0 Å². The van der Waals surface area contributed by atoms with Gasteiger partial charge in [0, 0.05) is 22.2 Å². The number of benzene rings is 1. The molecule has 0 radical (unpaired) electrons. The van der Waals surface area contributed by atoms with E-state index < -0.39 is 0 Å². The van der Waals surface area contributed by atoms with Gasteiger partial charge in [-0.3, -0.25) is 19.3 Å². The van der Waals surface area contributed by atoms with Gasteiger partial charge in [-0.15, -0.1) is 0 Å². The number of rotatable bonds is 2. The molecule has 6 nitrogen and oxygen atoms in total. The maximum absolute atomic E-state index is 5.40. The van der Waals surface area contributed by atoms with Crippen molar-refractivity contribution in [3.05, 3.63) is 33.8 Å². The van der Waals surface area contributed by atoms with Gasteiger partial charge in [0.2, 0.25) is 0 Å². The second kappa shape index (κ2) is 6.28. The summed E-state index contributed by atoms with van der Waals surface area (Å²) in [6.07, 6.45) is 0. The van der Waals surface area contributed by atoms with Crippen molar-refractivity contribution in [2.45, 2.75) is 52.6 Å². The molecule has 1 aromatic carbocycles. The Balaban J connectivity index is 2.08. The summed E-state index contributed by atoms with van der Waals surface area (Å²) in [5, 5.41) is 14.6. The quantitative estimate of drug-likeness (QED) is 0.604. The molecule has 3 rings (SSSR count). The molecule has 0 amide bonds. The van der Waals surface area contributed by atoms with E-state index in [0.717, 1.165) is 22.8 Å². The van der Waals surface area contributed by atoms with Crippen molar-refractivity contribution >= 4 is 24.4 Å². The molecular formula is C18H24N6S2. The van der Waals surface area contributed by atoms with Crippen LogP contribution < -0.4 is 0 Å². The van der Waals surface area contributed by atoms with Crippen molar-refractivity contribution < 1.29 is 0 Å². The van der Waals surface area contributed by atoms with E-state index in [4.69, 9.17) is 24.4 Å². The van der Waals surface area contributed by atoms with E-state index >= 15 is 0 Å². The standard InChI is InChI=1S/C18H24N6S2/c1-17(2,3)23-13(19-21-15(23)25)11-7-9-12(10-8-11)14-20-22-16(26)24(14)18(4,5)6/h7-10H,1-6H3,(H,21,25)(H,22,26). The van der Waals surface area contributed by atoms with Crippen LogP contribution in [0, 0.1) is 9.54 Å². The Bertz CT molecular complexity index is 950. The molecule has 0 bridgehead atoms. The van der Waals surface area contributed by atoms with Crippen molar-refractivity contribution in [3.63, 3.8) is 0 Å². The van der Waals surface area contributed by atoms with Crippen LogP contribution in [0.25, 0.3) is 22.8 Å². The lowest BCUT2D eigenvalue weighted by Crippen LogP contribution is -2.23. The summed E-state index contributed by atoms with van der Waals surface area (Å²) < 4.78 is 5.29. The summed E-state index contributed by atoms with van der Waals surface area (Å²) in [5.74, 6) is 1.65. The highest BCUT2D eigenvalue weighted by molar-refractivity contribution is 7.71. The molecule has 8 heteroatoms. The van der Waals surface area contributed by atoms with Crippen molar-refractivity contribution in [3.8, 4) is 22.8 Å². The van der Waals surface area contributed by atoms with Crippen LogP contribution in [0.5, 0.6) is 0 Å². The van der Waals surface area contributed by atoms with Gasteiger partial charge >= 0.3 is 0 Å². The number of aromatic nitrogens is 6. The largest absolute Gasteiger partial charge is 0.295 e. The van der Waals surface area contributed by atoms with E-state index in [2.05, 4.69) is 61.9 Å². The molecule has 26 heavy (non-hydrogen) atoms. The van der Waals surface area contributed by atoms with Gasteiger partial charge < -0.3 is 0 Å². The van der Waals surface area contributed by atoms with Crippen molar-refractivity contribution in [1.82, 2.24) is 29.5 Å². The van der Waals surface area contributed by atoms with Crippen molar-refractivity contribution in [2.24, 2.45) is 0 Å². The van der Waals surface area contributed by atoms with Gasteiger partial charge in [-0.2, -0.15) is 10.2 Å². The smallest absolute Gasteiger partial charge is 0.195 e. The summed E-state index contributed by atoms with van der Waals surface area (Å²) in [6, 6.07) is 8.14. The van der Waals surface area contributed by atoms with Gasteiger partial charge in [0.15, 0.2) is 21.2 Å². The number of nitrogens with one attached hydrogen (secondary N) is 2. The normalized spacial score (nSPS) is 12.5. The van der Waals surface area contributed by atoms with Crippen LogP contribution in [0.2, 0.25) is 0 Å². The Morgan fingerprint density at radius 3 is 1.27 bits per heavy atom. The van der Waals surface area contributed by atoms with Gasteiger partial charge in [-0.05, 0) is 66.0 Å². The zero-order valence-corrected chi connectivity index (χ0v) is 17.5. The monoisotopic (exact) mass is 388 g/mol. The van der Waals surface area contributed by atoms with Gasteiger partial charge in [-0.1, -0.05) is 24.3 Å². The molecule has 0 saturated carbocycles. The average molecular weight is 389 g/mol. The average Bonchev–Trinajstić information content (AvgIpc) is 3.09. The lowest BCUT2D eigenvalue weighted by molar-refractivity contribution is 0.395. The summed E-state index contributed by atoms with van der Waals surface area (Å²) >= 11 is 10.8. The number of hydrogen-bond donors (Lipinski definition) is 2. The lowest BCUT2D eigenvalue weighted by atomic mass is 10.1. The number of hydrogen-bond acceptors (Lipinski definition) is 4. The van der Waals surface area contributed by atoms with Crippen LogP contribution in [0.3, 0.4) is 0 Å². The molecule has 0 saturated heterocycles. The summed E-state index contributed by atoms with van der Waals surface area (Å²) in [5.41, 5.74) is 1.67. The van der Waals surface area contributed by atoms with Crippen LogP contribution >= 0.6 is 24.4 Å². The molecule has 0 aliphatic carbocycles. The third-order valence-corrected chi connectivity index (χ3v) is 4.64. The van der Waals surface area contributed by atoms with E-state index in [-0.39, 0.29) is 11.1 Å². The zero-order chi connectivity index (χ0) is 19.3. The molecular weight excluding hydrogens is 364 g/mol. The maximum atomic E-state index is 5.40. The fourth-order valence-corrected chi connectivity index (χ4v) is 3.81. The Hall–Kier alpha value is -2.06. The van der Waals surface area contributed by atoms with E-state index in [9.17, 15) is 0 Å². The summed E-state index contributed by atoms with van der Waals surface area (Å²) in [6.45, 7) is 12.7. The molecule has 3 aromatic rings. The first kappa shape index (κ1) is 18.7. The van der Waals surface area contributed by atoms with Crippen molar-refractivity contribution in [1.29, 1.82) is 0 Å². The van der Waals surface area contributed by atoms with Gasteiger partial charge in [0.1, 0.15) is 0 Å². The zero-order valence-electron chi connectivity index (χ0n) is 15.9. The fourth-order valence-electron chi connectivity index (χ4n) is 2.99. The van der Waals surface area contributed by atoms with Crippen LogP contribution in [0.15, 0.2) is 24.3 Å². The third kappa shape index (κ3) is 3.31. The molecule has 0 spiro atoms. The van der Waals surface area contributed by atoms with Crippen LogP contribution in [-0.4, -0.2) is 29.5 Å². The minimum atomic E-state index is -0.160. The van der Waals surface area contributed by atoms with E-state index in [1.54, 1.807) is 0 Å². The molecule has 0 unspecified atom stereocenters. The number of H-pyrrole nitrogens is 2. The van der Waals surface area contributed by atoms with Gasteiger partial charge in [0.05, 0.1) is 0 Å². The highest BCUT2D eigenvalue weighted by Gasteiger charge is 2.22. The lowest BCUT2D eigenvalue weighted by Gasteiger charge is -2.23. The van der Waals surface area contributed by atoms with E-state index in [1.807, 2.05) is 33.4 Å². The predicted molar refractivity (Wildman–Crippen MR) is 109 cm³/mol. The molecule has 2 N–H and O–H groups in total. The third-order valence-electron chi connectivity index (χ3n) is 4.09. The first-order chi connectivity index (χ1) is 12.0. The Kier molecular flexibility index (Phi) is 4.52. The van der Waals surface area contributed by atoms with Crippen LogP contribution in [-0.2, 0) is 11.1 Å². The molecule has 0 atom stereocenters. The summed E-state index contributed by atoms with van der Waals surface area (Å²) in [4.78, 5) is 0. The van der Waals surface area contributed by atoms with Gasteiger partial charge in [-0.25, -0.2) is 0 Å².